The van der Waals surface area contributed by atoms with Crippen LogP contribution in [0.4, 0.5) is 11.4 Å². The minimum absolute atomic E-state index is 0.104. The van der Waals surface area contributed by atoms with Crippen molar-refractivity contribution in [3.63, 3.8) is 0 Å². The van der Waals surface area contributed by atoms with E-state index in [9.17, 15) is 14.4 Å². The Morgan fingerprint density at radius 3 is 2.29 bits per heavy atom. The molecule has 0 aromatic heterocycles. The first-order valence-electron chi connectivity index (χ1n) is 10.1. The highest BCUT2D eigenvalue weighted by Gasteiger charge is 2.58. The highest BCUT2D eigenvalue weighted by molar-refractivity contribution is 6.13. The number of nitrogens with one attached hydrogen (secondary N) is 1. The van der Waals surface area contributed by atoms with Crippen molar-refractivity contribution in [2.45, 2.75) is 33.6 Å². The van der Waals surface area contributed by atoms with Gasteiger partial charge in [0.25, 0.3) is 0 Å². The number of amides is 3. The molecule has 7 nitrogen and oxygen atoms in total. The molecule has 1 aromatic carbocycles. The normalized spacial score (nSPS) is 17.8. The number of carbonyl (C=O) groups excluding carboxylic acids is 3. The third-order valence-electron chi connectivity index (χ3n) is 5.93. The van der Waals surface area contributed by atoms with E-state index in [4.69, 9.17) is 0 Å². The van der Waals surface area contributed by atoms with Crippen LogP contribution in [0.1, 0.15) is 32.3 Å². The Morgan fingerprint density at radius 2 is 1.79 bits per heavy atom. The van der Waals surface area contributed by atoms with Crippen molar-refractivity contribution in [1.29, 1.82) is 0 Å². The maximum absolute atomic E-state index is 13.0. The van der Waals surface area contributed by atoms with Gasteiger partial charge in [0, 0.05) is 50.6 Å². The SMILES string of the molecule is CCN(CC)c1ccc(NC(=O)C2(C(=O)N3CCN(C=O)CC3)CC2)c(C)c1. The maximum atomic E-state index is 13.0. The molecule has 0 spiro atoms. The van der Waals surface area contributed by atoms with Crippen molar-refractivity contribution in [1.82, 2.24) is 9.80 Å². The van der Waals surface area contributed by atoms with Gasteiger partial charge >= 0.3 is 0 Å². The van der Waals surface area contributed by atoms with E-state index in [1.54, 1.807) is 9.80 Å². The van der Waals surface area contributed by atoms with Crippen molar-refractivity contribution in [2.75, 3.05) is 49.5 Å². The van der Waals surface area contributed by atoms with Crippen molar-refractivity contribution in [3.05, 3.63) is 23.8 Å². The van der Waals surface area contributed by atoms with Crippen molar-refractivity contribution in [2.24, 2.45) is 5.41 Å². The van der Waals surface area contributed by atoms with Crippen LogP contribution in [0.5, 0.6) is 0 Å². The van der Waals surface area contributed by atoms with Gasteiger partial charge in [0.2, 0.25) is 18.2 Å². The molecule has 0 radical (unpaired) electrons. The van der Waals surface area contributed by atoms with E-state index in [-0.39, 0.29) is 11.8 Å². The first-order valence-corrected chi connectivity index (χ1v) is 10.1. The lowest BCUT2D eigenvalue weighted by Crippen LogP contribution is -2.52. The summed E-state index contributed by atoms with van der Waals surface area (Å²) < 4.78 is 0. The zero-order valence-corrected chi connectivity index (χ0v) is 17.0. The number of aryl methyl sites for hydroxylation is 1. The Labute approximate surface area is 166 Å². The molecule has 0 unspecified atom stereocenters. The summed E-state index contributed by atoms with van der Waals surface area (Å²) in [5, 5.41) is 2.98. The number of anilines is 2. The van der Waals surface area contributed by atoms with E-state index in [0.717, 1.165) is 36.4 Å². The summed E-state index contributed by atoms with van der Waals surface area (Å²) in [6.07, 6.45) is 1.98. The molecule has 1 heterocycles. The predicted octanol–water partition coefficient (Wildman–Crippen LogP) is 1.86. The minimum Gasteiger partial charge on any atom is -0.372 e. The number of benzene rings is 1. The van der Waals surface area contributed by atoms with Gasteiger partial charge < -0.3 is 20.0 Å². The molecule has 0 bridgehead atoms. The molecule has 3 rings (SSSR count). The quantitative estimate of drug-likeness (QED) is 0.573. The first kappa shape index (κ1) is 20.2. The summed E-state index contributed by atoms with van der Waals surface area (Å²) in [6.45, 7) is 10.1. The number of hydrogen-bond donors (Lipinski definition) is 1. The van der Waals surface area contributed by atoms with Gasteiger partial charge in [0.05, 0.1) is 0 Å². The average Bonchev–Trinajstić information content (AvgIpc) is 3.52. The van der Waals surface area contributed by atoms with Gasteiger partial charge in [-0.2, -0.15) is 0 Å². The summed E-state index contributed by atoms with van der Waals surface area (Å²) in [7, 11) is 0. The molecular weight excluding hydrogens is 356 g/mol. The van der Waals surface area contributed by atoms with E-state index in [1.807, 2.05) is 19.1 Å². The second kappa shape index (κ2) is 8.20. The highest BCUT2D eigenvalue weighted by atomic mass is 16.2. The molecule has 1 saturated heterocycles. The molecule has 1 aliphatic carbocycles. The van der Waals surface area contributed by atoms with Gasteiger partial charge in [-0.05, 0) is 57.4 Å². The number of carbonyl (C=O) groups is 3. The van der Waals surface area contributed by atoms with Crippen LogP contribution < -0.4 is 10.2 Å². The summed E-state index contributed by atoms with van der Waals surface area (Å²) >= 11 is 0. The van der Waals surface area contributed by atoms with E-state index in [2.05, 4.69) is 30.1 Å². The zero-order chi connectivity index (χ0) is 20.3. The lowest BCUT2D eigenvalue weighted by molar-refractivity contribution is -0.144. The van der Waals surface area contributed by atoms with Crippen LogP contribution in [0.15, 0.2) is 18.2 Å². The number of nitrogens with zero attached hydrogens (tertiary/aromatic N) is 3. The third kappa shape index (κ3) is 3.84. The van der Waals surface area contributed by atoms with Gasteiger partial charge in [-0.1, -0.05) is 0 Å². The van der Waals surface area contributed by atoms with Crippen molar-refractivity contribution < 1.29 is 14.4 Å². The first-order chi connectivity index (χ1) is 13.4. The summed E-state index contributed by atoms with van der Waals surface area (Å²) in [4.78, 5) is 42.4. The molecular formula is C21H30N4O3. The van der Waals surface area contributed by atoms with Crippen LogP contribution in [0.2, 0.25) is 0 Å². The Morgan fingerprint density at radius 1 is 1.14 bits per heavy atom. The molecule has 1 aromatic rings. The Bertz CT molecular complexity index is 748. The van der Waals surface area contributed by atoms with Crippen molar-refractivity contribution in [3.8, 4) is 0 Å². The maximum Gasteiger partial charge on any atom is 0.240 e. The molecule has 152 valence electrons. The molecule has 2 aliphatic rings. The Kier molecular flexibility index (Phi) is 5.91. The molecule has 1 aliphatic heterocycles. The Hall–Kier alpha value is -2.57. The van der Waals surface area contributed by atoms with Gasteiger partial charge in [0.15, 0.2) is 0 Å². The summed E-state index contributed by atoms with van der Waals surface area (Å²) in [6, 6.07) is 6.00. The summed E-state index contributed by atoms with van der Waals surface area (Å²) in [5.41, 5.74) is 1.94. The van der Waals surface area contributed by atoms with E-state index in [0.29, 0.717) is 39.0 Å². The standard InChI is InChI=1S/C21H30N4O3/c1-4-24(5-2)17-6-7-18(16(3)14-17)22-19(27)21(8-9-21)20(28)25-12-10-23(15-26)11-13-25/h6-7,14-15H,4-5,8-13H2,1-3H3,(H,22,27). The van der Waals surface area contributed by atoms with Crippen LogP contribution >= 0.6 is 0 Å². The van der Waals surface area contributed by atoms with Crippen molar-refractivity contribution >= 4 is 29.6 Å². The van der Waals surface area contributed by atoms with Gasteiger partial charge in [-0.25, -0.2) is 0 Å². The second-order valence-electron chi connectivity index (χ2n) is 7.64. The lowest BCUT2D eigenvalue weighted by Gasteiger charge is -2.34. The van der Waals surface area contributed by atoms with Gasteiger partial charge in [0.1, 0.15) is 5.41 Å². The number of rotatable bonds is 7. The molecule has 7 heteroatoms. The average molecular weight is 386 g/mol. The third-order valence-corrected chi connectivity index (χ3v) is 5.93. The molecule has 28 heavy (non-hydrogen) atoms. The highest BCUT2D eigenvalue weighted by Crippen LogP contribution is 2.48. The zero-order valence-electron chi connectivity index (χ0n) is 17.0. The van der Waals surface area contributed by atoms with E-state index < -0.39 is 5.41 Å². The van der Waals surface area contributed by atoms with Crippen LogP contribution in [0.3, 0.4) is 0 Å². The fraction of sp³-hybridized carbons (Fsp3) is 0.571. The monoisotopic (exact) mass is 386 g/mol. The molecule has 2 fully saturated rings. The van der Waals surface area contributed by atoms with E-state index in [1.165, 1.54) is 0 Å². The van der Waals surface area contributed by atoms with Crippen LogP contribution in [0, 0.1) is 12.3 Å². The number of piperazine rings is 1. The molecule has 1 N–H and O–H groups in total. The van der Waals surface area contributed by atoms with Crippen LogP contribution in [-0.4, -0.2) is 67.3 Å². The fourth-order valence-electron chi connectivity index (χ4n) is 3.81. The van der Waals surface area contributed by atoms with Gasteiger partial charge in [-0.3, -0.25) is 14.4 Å². The largest absolute Gasteiger partial charge is 0.372 e. The molecule has 3 amide bonds. The van der Waals surface area contributed by atoms with Crippen LogP contribution in [-0.2, 0) is 14.4 Å². The fourth-order valence-corrected chi connectivity index (χ4v) is 3.81. The molecule has 0 atom stereocenters. The summed E-state index contributed by atoms with van der Waals surface area (Å²) in [5.74, 6) is -0.318. The lowest BCUT2D eigenvalue weighted by atomic mass is 10.0. The Balaban J connectivity index is 1.67. The van der Waals surface area contributed by atoms with E-state index >= 15 is 0 Å². The van der Waals surface area contributed by atoms with Gasteiger partial charge in [-0.15, -0.1) is 0 Å². The molecule has 1 saturated carbocycles. The topological polar surface area (TPSA) is 73.0 Å². The van der Waals surface area contributed by atoms with Crippen LogP contribution in [0.25, 0.3) is 0 Å². The smallest absolute Gasteiger partial charge is 0.240 e. The second-order valence-corrected chi connectivity index (χ2v) is 7.64. The predicted molar refractivity (Wildman–Crippen MR) is 109 cm³/mol. The minimum atomic E-state index is -0.937. The number of hydrogen-bond acceptors (Lipinski definition) is 4.